The molecule has 0 heterocycles. The zero-order valence-corrected chi connectivity index (χ0v) is 26.0. The van der Waals surface area contributed by atoms with E-state index in [4.69, 9.17) is 11.6 Å². The number of hydrogen-bond donors (Lipinski definition) is 1. The summed E-state index contributed by atoms with van der Waals surface area (Å²) < 4.78 is 27.2. The van der Waals surface area contributed by atoms with Gasteiger partial charge >= 0.3 is 0 Å². The van der Waals surface area contributed by atoms with Crippen LogP contribution in [0.1, 0.15) is 70.4 Å². The smallest absolute Gasteiger partial charge is 0.244 e. The number of hydrogen-bond acceptors (Lipinski definition) is 4. The Kier molecular flexibility index (Phi) is 8.46. The molecule has 0 unspecified atom stereocenters. The van der Waals surface area contributed by atoms with Gasteiger partial charge in [0.1, 0.15) is 12.6 Å². The van der Waals surface area contributed by atoms with Gasteiger partial charge in [-0.25, -0.2) is 8.42 Å². The Labute approximate surface area is 249 Å². The Morgan fingerprint density at radius 2 is 1.46 bits per heavy atom. The van der Waals surface area contributed by atoms with E-state index in [1.165, 1.54) is 49.0 Å². The number of rotatable bonds is 10. The first-order valence-electron chi connectivity index (χ1n) is 14.8. The predicted molar refractivity (Wildman–Crippen MR) is 163 cm³/mol. The second-order valence-corrected chi connectivity index (χ2v) is 15.3. The molecule has 0 spiro atoms. The normalized spacial score (nSPS) is 25.7. The van der Waals surface area contributed by atoms with Gasteiger partial charge in [0.25, 0.3) is 0 Å². The maximum absolute atomic E-state index is 13.8. The first kappa shape index (κ1) is 29.9. The molecule has 7 nitrogen and oxygen atoms in total. The molecule has 41 heavy (non-hydrogen) atoms. The Bertz CT molecular complexity index is 1340. The van der Waals surface area contributed by atoms with Crippen LogP contribution in [0.15, 0.2) is 48.5 Å². The summed E-state index contributed by atoms with van der Waals surface area (Å²) in [5.74, 6) is 1.68. The predicted octanol–water partition coefficient (Wildman–Crippen LogP) is 5.52. The third kappa shape index (κ3) is 6.59. The summed E-state index contributed by atoms with van der Waals surface area (Å²) in [6.45, 7) is 5.12. The van der Waals surface area contributed by atoms with Crippen LogP contribution in [0.4, 0.5) is 5.69 Å². The van der Waals surface area contributed by atoms with Crippen molar-refractivity contribution >= 4 is 39.1 Å². The van der Waals surface area contributed by atoms with Gasteiger partial charge in [-0.05, 0) is 118 Å². The Morgan fingerprint density at radius 1 is 0.927 bits per heavy atom. The van der Waals surface area contributed by atoms with E-state index < -0.39 is 28.5 Å². The summed E-state index contributed by atoms with van der Waals surface area (Å²) in [5, 5.41) is 3.43. The van der Waals surface area contributed by atoms with Crippen LogP contribution in [0.5, 0.6) is 0 Å². The Morgan fingerprint density at radius 3 is 1.95 bits per heavy atom. The maximum Gasteiger partial charge on any atom is 0.244 e. The summed E-state index contributed by atoms with van der Waals surface area (Å²) in [4.78, 5) is 28.2. The molecule has 4 aliphatic carbocycles. The van der Waals surface area contributed by atoms with Crippen LogP contribution in [0.25, 0.3) is 0 Å². The summed E-state index contributed by atoms with van der Waals surface area (Å²) in [6.07, 6.45) is 8.88. The second-order valence-electron chi connectivity index (χ2n) is 13.0. The van der Waals surface area contributed by atoms with E-state index >= 15 is 0 Å². The number of nitrogens with zero attached hydrogens (tertiary/aromatic N) is 2. The van der Waals surface area contributed by atoms with Gasteiger partial charge in [-0.15, -0.1) is 0 Å². The number of carbonyl (C=O) groups excluding carboxylic acids is 2. The summed E-state index contributed by atoms with van der Waals surface area (Å²) >= 11 is 6.05. The van der Waals surface area contributed by atoms with Crippen LogP contribution >= 0.6 is 11.6 Å². The number of sulfonamides is 1. The molecule has 4 saturated carbocycles. The average molecular weight is 600 g/mol. The SMILES string of the molecule is CC(C)NC(=O)[C@@H](C)N(Cc1ccc(Cl)cc1)C(=O)CN(c1ccc(C23CC4CC(CC(C4)C2)C3)cc1)S(C)(=O)=O. The Hall–Kier alpha value is -2.58. The molecule has 1 atom stereocenters. The molecule has 0 aliphatic heterocycles. The lowest BCUT2D eigenvalue weighted by molar-refractivity contribution is -0.139. The van der Waals surface area contributed by atoms with Crippen molar-refractivity contribution in [2.45, 2.75) is 83.3 Å². The second kappa shape index (κ2) is 11.6. The molecule has 4 aliphatic rings. The van der Waals surface area contributed by atoms with Gasteiger partial charge < -0.3 is 10.2 Å². The fourth-order valence-corrected chi connectivity index (χ4v) is 8.81. The fourth-order valence-electron chi connectivity index (χ4n) is 7.83. The largest absolute Gasteiger partial charge is 0.352 e. The molecular formula is C32H42ClN3O4S. The van der Waals surface area contributed by atoms with E-state index in [-0.39, 0.29) is 23.9 Å². The lowest BCUT2D eigenvalue weighted by atomic mass is 9.48. The van der Waals surface area contributed by atoms with Gasteiger partial charge in [-0.3, -0.25) is 13.9 Å². The molecule has 2 aromatic carbocycles. The van der Waals surface area contributed by atoms with Crippen molar-refractivity contribution in [1.82, 2.24) is 10.2 Å². The molecule has 9 heteroatoms. The van der Waals surface area contributed by atoms with E-state index in [0.717, 1.165) is 33.9 Å². The number of anilines is 1. The molecule has 2 amide bonds. The number of benzene rings is 2. The number of carbonyl (C=O) groups is 2. The first-order valence-corrected chi connectivity index (χ1v) is 17.0. The van der Waals surface area contributed by atoms with Crippen LogP contribution in [0.3, 0.4) is 0 Å². The minimum atomic E-state index is -3.78. The zero-order chi connectivity index (χ0) is 29.5. The van der Waals surface area contributed by atoms with Gasteiger partial charge in [0.05, 0.1) is 11.9 Å². The number of amides is 2. The number of nitrogens with one attached hydrogen (secondary N) is 1. The summed E-state index contributed by atoms with van der Waals surface area (Å²) in [7, 11) is -3.78. The van der Waals surface area contributed by atoms with Crippen molar-refractivity contribution in [2.75, 3.05) is 17.1 Å². The topological polar surface area (TPSA) is 86.8 Å². The van der Waals surface area contributed by atoms with Crippen molar-refractivity contribution in [3.8, 4) is 0 Å². The van der Waals surface area contributed by atoms with Crippen LogP contribution in [-0.4, -0.2) is 50.0 Å². The van der Waals surface area contributed by atoms with Gasteiger partial charge in [0.15, 0.2) is 0 Å². The molecule has 0 aromatic heterocycles. The highest BCUT2D eigenvalue weighted by Gasteiger charge is 2.51. The molecule has 0 radical (unpaired) electrons. The van der Waals surface area contributed by atoms with Crippen LogP contribution in [-0.2, 0) is 31.6 Å². The minimum Gasteiger partial charge on any atom is -0.352 e. The standard InChI is InChI=1S/C32H42ClN3O4S/c1-21(2)34-31(38)22(3)35(19-23-5-9-28(33)10-6-23)30(37)20-36(41(4,39)40)29-11-7-27(8-12-29)32-16-24-13-25(17-32)15-26(14-24)18-32/h5-12,21-22,24-26H,13-20H2,1-4H3,(H,34,38)/t22-,24?,25?,26?,32?/m1/s1. The quantitative estimate of drug-likeness (QED) is 0.390. The average Bonchev–Trinajstić information content (AvgIpc) is 2.89. The molecule has 0 saturated heterocycles. The van der Waals surface area contributed by atoms with Crippen LogP contribution in [0.2, 0.25) is 5.02 Å². The highest BCUT2D eigenvalue weighted by atomic mass is 35.5. The highest BCUT2D eigenvalue weighted by Crippen LogP contribution is 2.60. The lowest BCUT2D eigenvalue weighted by Crippen LogP contribution is -2.52. The summed E-state index contributed by atoms with van der Waals surface area (Å²) in [6, 6.07) is 14.0. The monoisotopic (exact) mass is 599 g/mol. The van der Waals surface area contributed by atoms with Gasteiger partial charge in [-0.1, -0.05) is 35.9 Å². The molecule has 222 valence electrons. The maximum atomic E-state index is 13.8. The first-order chi connectivity index (χ1) is 19.3. The van der Waals surface area contributed by atoms with Crippen molar-refractivity contribution in [1.29, 1.82) is 0 Å². The zero-order valence-electron chi connectivity index (χ0n) is 24.5. The van der Waals surface area contributed by atoms with E-state index in [1.807, 2.05) is 26.0 Å². The number of halogens is 1. The lowest BCUT2D eigenvalue weighted by Gasteiger charge is -2.57. The molecule has 1 N–H and O–H groups in total. The third-order valence-corrected chi connectivity index (χ3v) is 10.7. The van der Waals surface area contributed by atoms with Crippen molar-refractivity contribution in [3.63, 3.8) is 0 Å². The van der Waals surface area contributed by atoms with Crippen LogP contribution in [0, 0.1) is 17.8 Å². The fraction of sp³-hybridized carbons (Fsp3) is 0.562. The van der Waals surface area contributed by atoms with Gasteiger partial charge in [0, 0.05) is 17.6 Å². The molecule has 6 rings (SSSR count). The van der Waals surface area contributed by atoms with E-state index in [0.29, 0.717) is 10.7 Å². The molecular weight excluding hydrogens is 558 g/mol. The van der Waals surface area contributed by atoms with Gasteiger partial charge in [-0.2, -0.15) is 0 Å². The van der Waals surface area contributed by atoms with Crippen molar-refractivity contribution in [3.05, 3.63) is 64.7 Å². The molecule has 4 bridgehead atoms. The van der Waals surface area contributed by atoms with Crippen molar-refractivity contribution < 1.29 is 18.0 Å². The van der Waals surface area contributed by atoms with E-state index in [9.17, 15) is 18.0 Å². The van der Waals surface area contributed by atoms with Crippen LogP contribution < -0.4 is 9.62 Å². The Balaban J connectivity index is 1.38. The van der Waals surface area contributed by atoms with Gasteiger partial charge in [0.2, 0.25) is 21.8 Å². The third-order valence-electron chi connectivity index (χ3n) is 9.35. The molecule has 4 fully saturated rings. The molecule has 2 aromatic rings. The highest BCUT2D eigenvalue weighted by molar-refractivity contribution is 7.92. The minimum absolute atomic E-state index is 0.0996. The summed E-state index contributed by atoms with van der Waals surface area (Å²) in [5.41, 5.74) is 2.74. The van der Waals surface area contributed by atoms with Crippen molar-refractivity contribution in [2.24, 2.45) is 17.8 Å². The van der Waals surface area contributed by atoms with E-state index in [2.05, 4.69) is 17.4 Å². The van der Waals surface area contributed by atoms with E-state index in [1.54, 1.807) is 31.2 Å².